The van der Waals surface area contributed by atoms with E-state index in [4.69, 9.17) is 16.3 Å². The number of benzene rings is 2. The Bertz CT molecular complexity index is 1050. The van der Waals surface area contributed by atoms with Crippen LogP contribution in [0.1, 0.15) is 12.5 Å². The number of para-hydroxylation sites is 1. The Morgan fingerprint density at radius 1 is 1.34 bits per heavy atom. The third-order valence-electron chi connectivity index (χ3n) is 4.20. The Morgan fingerprint density at radius 3 is 2.76 bits per heavy atom. The first-order chi connectivity index (χ1) is 13.8. The van der Waals surface area contributed by atoms with Gasteiger partial charge in [-0.2, -0.15) is 5.10 Å². The van der Waals surface area contributed by atoms with Crippen LogP contribution >= 0.6 is 11.6 Å². The van der Waals surface area contributed by atoms with Crippen LogP contribution in [0.5, 0.6) is 11.5 Å². The first-order valence-corrected chi connectivity index (χ1v) is 9.21. The number of halogens is 1. The molecular formula is C20H19ClN4O4. The van der Waals surface area contributed by atoms with Crippen LogP contribution in [-0.4, -0.2) is 20.6 Å². The summed E-state index contributed by atoms with van der Waals surface area (Å²) < 4.78 is 7.36. The van der Waals surface area contributed by atoms with Crippen molar-refractivity contribution in [3.8, 4) is 11.5 Å². The Hall–Kier alpha value is -3.39. The van der Waals surface area contributed by atoms with E-state index in [1.807, 2.05) is 25.1 Å². The number of anilines is 1. The largest absolute Gasteiger partial charge is 0.457 e. The summed E-state index contributed by atoms with van der Waals surface area (Å²) in [4.78, 5) is 23.3. The van der Waals surface area contributed by atoms with Gasteiger partial charge in [0, 0.05) is 18.3 Å². The van der Waals surface area contributed by atoms with Gasteiger partial charge in [0.15, 0.2) is 0 Å². The number of carbonyl (C=O) groups is 1. The molecule has 0 saturated heterocycles. The number of ether oxygens (including phenoxy) is 1. The number of aryl methyl sites for hydroxylation is 1. The number of nitro benzene ring substituents is 1. The van der Waals surface area contributed by atoms with Crippen molar-refractivity contribution >= 4 is 28.9 Å². The van der Waals surface area contributed by atoms with Crippen LogP contribution in [0.3, 0.4) is 0 Å². The molecule has 0 fully saturated rings. The fourth-order valence-corrected chi connectivity index (χ4v) is 2.84. The SMILES string of the molecule is Cc1ccccc1Oc1cc(NC(=O)C(C)Cn2cc(Cl)cn2)cc([N+](=O)[O-])c1. The molecule has 0 aliphatic rings. The van der Waals surface area contributed by atoms with Crippen molar-refractivity contribution in [2.75, 3.05) is 5.32 Å². The molecule has 3 rings (SSSR count). The third-order valence-corrected chi connectivity index (χ3v) is 4.40. The van der Waals surface area contributed by atoms with Gasteiger partial charge in [-0.1, -0.05) is 36.7 Å². The molecule has 0 radical (unpaired) electrons. The highest BCUT2D eigenvalue weighted by Crippen LogP contribution is 2.31. The van der Waals surface area contributed by atoms with E-state index in [2.05, 4.69) is 10.4 Å². The van der Waals surface area contributed by atoms with E-state index >= 15 is 0 Å². The standard InChI is InChI=1S/C20H19ClN4O4/c1-13-5-3-4-6-19(13)29-18-8-16(7-17(9-18)25(27)28)23-20(26)14(2)11-24-12-15(21)10-22-24/h3-10,12,14H,11H2,1-2H3,(H,23,26). The van der Waals surface area contributed by atoms with E-state index in [0.29, 0.717) is 17.3 Å². The van der Waals surface area contributed by atoms with Crippen molar-refractivity contribution < 1.29 is 14.5 Å². The quantitative estimate of drug-likeness (QED) is 0.441. The lowest BCUT2D eigenvalue weighted by molar-refractivity contribution is -0.384. The van der Waals surface area contributed by atoms with E-state index in [1.54, 1.807) is 29.9 Å². The average Bonchev–Trinajstić information content (AvgIpc) is 3.08. The lowest BCUT2D eigenvalue weighted by atomic mass is 10.1. The molecule has 29 heavy (non-hydrogen) atoms. The second kappa shape index (κ2) is 8.74. The van der Waals surface area contributed by atoms with Gasteiger partial charge in [-0.25, -0.2) is 0 Å². The lowest BCUT2D eigenvalue weighted by Crippen LogP contribution is -2.24. The van der Waals surface area contributed by atoms with Gasteiger partial charge < -0.3 is 10.1 Å². The summed E-state index contributed by atoms with van der Waals surface area (Å²) in [6, 6.07) is 11.5. The first kappa shape index (κ1) is 20.3. The number of nitrogens with zero attached hydrogens (tertiary/aromatic N) is 3. The second-order valence-electron chi connectivity index (χ2n) is 6.61. The zero-order valence-electron chi connectivity index (χ0n) is 15.8. The minimum atomic E-state index is -0.532. The zero-order valence-corrected chi connectivity index (χ0v) is 16.6. The number of aromatic nitrogens is 2. The molecule has 9 heteroatoms. The molecule has 0 aliphatic heterocycles. The number of non-ortho nitro benzene ring substituents is 1. The monoisotopic (exact) mass is 414 g/mol. The minimum Gasteiger partial charge on any atom is -0.457 e. The summed E-state index contributed by atoms with van der Waals surface area (Å²) in [5, 5.41) is 18.5. The molecule has 1 unspecified atom stereocenters. The molecule has 150 valence electrons. The molecular weight excluding hydrogens is 396 g/mol. The van der Waals surface area contributed by atoms with Crippen molar-refractivity contribution in [2.45, 2.75) is 20.4 Å². The molecule has 0 spiro atoms. The number of amides is 1. The minimum absolute atomic E-state index is 0.183. The number of hydrogen-bond acceptors (Lipinski definition) is 5. The summed E-state index contributed by atoms with van der Waals surface area (Å²) in [5.74, 6) is 0.0921. The molecule has 1 N–H and O–H groups in total. The number of rotatable bonds is 7. The molecule has 1 aromatic heterocycles. The van der Waals surface area contributed by atoms with E-state index in [-0.39, 0.29) is 23.0 Å². The molecule has 1 atom stereocenters. The Morgan fingerprint density at radius 2 is 2.10 bits per heavy atom. The molecule has 8 nitrogen and oxygen atoms in total. The second-order valence-corrected chi connectivity index (χ2v) is 7.05. The van der Waals surface area contributed by atoms with Crippen molar-refractivity contribution in [1.29, 1.82) is 0 Å². The highest BCUT2D eigenvalue weighted by atomic mass is 35.5. The average molecular weight is 415 g/mol. The van der Waals surface area contributed by atoms with Crippen LogP contribution in [0, 0.1) is 23.0 Å². The smallest absolute Gasteiger partial charge is 0.275 e. The maximum Gasteiger partial charge on any atom is 0.275 e. The van der Waals surface area contributed by atoms with Crippen LogP contribution in [0.25, 0.3) is 0 Å². The molecule has 1 heterocycles. The van der Waals surface area contributed by atoms with Gasteiger partial charge in [0.1, 0.15) is 11.5 Å². The summed E-state index contributed by atoms with van der Waals surface area (Å²) >= 11 is 5.83. The number of hydrogen-bond donors (Lipinski definition) is 1. The van der Waals surface area contributed by atoms with Gasteiger partial charge in [-0.05, 0) is 18.6 Å². The van der Waals surface area contributed by atoms with Crippen molar-refractivity contribution in [2.24, 2.45) is 5.92 Å². The van der Waals surface area contributed by atoms with Gasteiger partial charge in [0.2, 0.25) is 5.91 Å². The van der Waals surface area contributed by atoms with Crippen LogP contribution < -0.4 is 10.1 Å². The van der Waals surface area contributed by atoms with Gasteiger partial charge in [-0.3, -0.25) is 19.6 Å². The molecule has 1 amide bonds. The molecule has 3 aromatic rings. The van der Waals surface area contributed by atoms with Crippen LogP contribution in [0.15, 0.2) is 54.9 Å². The van der Waals surface area contributed by atoms with Crippen LogP contribution in [-0.2, 0) is 11.3 Å². The summed E-state index contributed by atoms with van der Waals surface area (Å²) in [5.41, 5.74) is 0.979. The van der Waals surface area contributed by atoms with E-state index in [1.165, 1.54) is 18.3 Å². The topological polar surface area (TPSA) is 99.3 Å². The summed E-state index contributed by atoms with van der Waals surface area (Å²) in [7, 11) is 0. The predicted octanol–water partition coefficient (Wildman–Crippen LogP) is 4.82. The van der Waals surface area contributed by atoms with Crippen molar-refractivity contribution in [3.05, 3.63) is 75.6 Å². The van der Waals surface area contributed by atoms with Gasteiger partial charge >= 0.3 is 0 Å². The van der Waals surface area contributed by atoms with Gasteiger partial charge in [-0.15, -0.1) is 0 Å². The maximum absolute atomic E-state index is 12.5. The van der Waals surface area contributed by atoms with E-state index < -0.39 is 10.8 Å². The van der Waals surface area contributed by atoms with Gasteiger partial charge in [0.05, 0.1) is 40.4 Å². The fourth-order valence-electron chi connectivity index (χ4n) is 2.68. The molecule has 2 aromatic carbocycles. The van der Waals surface area contributed by atoms with E-state index in [0.717, 1.165) is 5.56 Å². The predicted molar refractivity (Wildman–Crippen MR) is 109 cm³/mol. The molecule has 0 bridgehead atoms. The summed E-state index contributed by atoms with van der Waals surface area (Å²) in [6.07, 6.45) is 3.11. The van der Waals surface area contributed by atoms with Crippen LogP contribution in [0.4, 0.5) is 11.4 Å². The summed E-state index contributed by atoms with van der Waals surface area (Å²) in [6.45, 7) is 3.92. The number of nitrogens with one attached hydrogen (secondary N) is 1. The normalized spacial score (nSPS) is 11.7. The number of carbonyl (C=O) groups excluding carboxylic acids is 1. The highest BCUT2D eigenvalue weighted by molar-refractivity contribution is 6.30. The zero-order chi connectivity index (χ0) is 21.0. The van der Waals surface area contributed by atoms with Crippen LogP contribution in [0.2, 0.25) is 5.02 Å². The first-order valence-electron chi connectivity index (χ1n) is 8.83. The lowest BCUT2D eigenvalue weighted by Gasteiger charge is -2.14. The third kappa shape index (κ3) is 5.32. The fraction of sp³-hybridized carbons (Fsp3) is 0.200. The Labute approximate surface area is 172 Å². The highest BCUT2D eigenvalue weighted by Gasteiger charge is 2.18. The van der Waals surface area contributed by atoms with Gasteiger partial charge in [0.25, 0.3) is 5.69 Å². The molecule has 0 saturated carbocycles. The maximum atomic E-state index is 12.5. The van der Waals surface area contributed by atoms with Crippen molar-refractivity contribution in [1.82, 2.24) is 9.78 Å². The Kier molecular flexibility index (Phi) is 6.13. The Balaban J connectivity index is 1.78. The van der Waals surface area contributed by atoms with Crippen molar-refractivity contribution in [3.63, 3.8) is 0 Å². The van der Waals surface area contributed by atoms with E-state index in [9.17, 15) is 14.9 Å². The molecule has 0 aliphatic carbocycles. The number of nitro groups is 1.